The Morgan fingerprint density at radius 2 is 2.00 bits per heavy atom. The van der Waals surface area contributed by atoms with Crippen molar-refractivity contribution in [2.45, 2.75) is 51.1 Å². The van der Waals surface area contributed by atoms with E-state index in [9.17, 15) is 0 Å². The van der Waals surface area contributed by atoms with E-state index in [2.05, 4.69) is 31.0 Å². The van der Waals surface area contributed by atoms with E-state index in [0.717, 1.165) is 18.4 Å². The Kier molecular flexibility index (Phi) is 4.04. The first kappa shape index (κ1) is 12.1. The van der Waals surface area contributed by atoms with Crippen LogP contribution in [-0.4, -0.2) is 30.6 Å². The van der Waals surface area contributed by atoms with Crippen molar-refractivity contribution >= 4 is 0 Å². The second-order valence-electron chi connectivity index (χ2n) is 5.81. The van der Waals surface area contributed by atoms with Crippen molar-refractivity contribution in [3.63, 3.8) is 0 Å². The van der Waals surface area contributed by atoms with Crippen molar-refractivity contribution in [3.05, 3.63) is 12.2 Å². The third-order valence-electron chi connectivity index (χ3n) is 4.36. The van der Waals surface area contributed by atoms with Gasteiger partial charge in [0, 0.05) is 18.6 Å². The SMILES string of the molecule is CC1CCCCC1N(C)CC1C=CC(N)C1. The molecule has 2 heteroatoms. The first-order valence-electron chi connectivity index (χ1n) is 6.81. The summed E-state index contributed by atoms with van der Waals surface area (Å²) in [6.07, 6.45) is 11.3. The molecule has 0 saturated heterocycles. The van der Waals surface area contributed by atoms with Gasteiger partial charge in [-0.15, -0.1) is 0 Å². The minimum absolute atomic E-state index is 0.308. The zero-order valence-electron chi connectivity index (χ0n) is 10.7. The summed E-state index contributed by atoms with van der Waals surface area (Å²) in [5, 5.41) is 0. The molecular formula is C14H26N2. The summed E-state index contributed by atoms with van der Waals surface area (Å²) in [5.74, 6) is 1.56. The van der Waals surface area contributed by atoms with Gasteiger partial charge in [-0.1, -0.05) is 31.9 Å². The van der Waals surface area contributed by atoms with Crippen LogP contribution in [0, 0.1) is 11.8 Å². The normalized spacial score (nSPS) is 39.5. The van der Waals surface area contributed by atoms with Gasteiger partial charge < -0.3 is 10.6 Å². The molecule has 0 radical (unpaired) electrons. The van der Waals surface area contributed by atoms with Crippen LogP contribution in [0.4, 0.5) is 0 Å². The van der Waals surface area contributed by atoms with E-state index in [-0.39, 0.29) is 0 Å². The molecule has 92 valence electrons. The number of hydrogen-bond donors (Lipinski definition) is 1. The van der Waals surface area contributed by atoms with E-state index in [1.54, 1.807) is 0 Å². The second-order valence-corrected chi connectivity index (χ2v) is 5.81. The van der Waals surface area contributed by atoms with Crippen LogP contribution in [0.15, 0.2) is 12.2 Å². The molecule has 0 aromatic rings. The molecule has 2 nitrogen and oxygen atoms in total. The van der Waals surface area contributed by atoms with Crippen LogP contribution in [-0.2, 0) is 0 Å². The smallest absolute Gasteiger partial charge is 0.0229 e. The number of hydrogen-bond acceptors (Lipinski definition) is 2. The summed E-state index contributed by atoms with van der Waals surface area (Å²) in [5.41, 5.74) is 5.90. The van der Waals surface area contributed by atoms with E-state index in [0.29, 0.717) is 12.0 Å². The first-order chi connectivity index (χ1) is 7.66. The fourth-order valence-electron chi connectivity index (χ4n) is 3.40. The van der Waals surface area contributed by atoms with Crippen LogP contribution in [0.1, 0.15) is 39.0 Å². The Morgan fingerprint density at radius 1 is 1.25 bits per heavy atom. The van der Waals surface area contributed by atoms with E-state index in [1.165, 1.54) is 32.2 Å². The number of nitrogens with two attached hydrogens (primary N) is 1. The van der Waals surface area contributed by atoms with Crippen molar-refractivity contribution in [2.75, 3.05) is 13.6 Å². The van der Waals surface area contributed by atoms with Gasteiger partial charge in [0.15, 0.2) is 0 Å². The van der Waals surface area contributed by atoms with Gasteiger partial charge in [-0.3, -0.25) is 0 Å². The maximum Gasteiger partial charge on any atom is 0.0229 e. The molecule has 4 atom stereocenters. The molecule has 2 aliphatic rings. The van der Waals surface area contributed by atoms with Gasteiger partial charge in [0.05, 0.1) is 0 Å². The highest BCUT2D eigenvalue weighted by Gasteiger charge is 2.27. The molecular weight excluding hydrogens is 196 g/mol. The van der Waals surface area contributed by atoms with Crippen LogP contribution in [0.3, 0.4) is 0 Å². The summed E-state index contributed by atoms with van der Waals surface area (Å²) in [6, 6.07) is 1.11. The molecule has 0 aromatic carbocycles. The van der Waals surface area contributed by atoms with Crippen molar-refractivity contribution in [1.82, 2.24) is 4.90 Å². The lowest BCUT2D eigenvalue weighted by Gasteiger charge is -2.37. The van der Waals surface area contributed by atoms with Gasteiger partial charge in [-0.05, 0) is 38.1 Å². The van der Waals surface area contributed by atoms with Crippen LogP contribution in [0.25, 0.3) is 0 Å². The Balaban J connectivity index is 1.82. The second kappa shape index (κ2) is 5.33. The van der Waals surface area contributed by atoms with E-state index in [4.69, 9.17) is 5.73 Å². The molecule has 1 saturated carbocycles. The molecule has 0 aromatic heterocycles. The van der Waals surface area contributed by atoms with E-state index < -0.39 is 0 Å². The van der Waals surface area contributed by atoms with E-state index >= 15 is 0 Å². The van der Waals surface area contributed by atoms with Crippen LogP contribution in [0.2, 0.25) is 0 Å². The highest BCUT2D eigenvalue weighted by Crippen LogP contribution is 2.28. The average molecular weight is 222 g/mol. The molecule has 0 spiro atoms. The van der Waals surface area contributed by atoms with E-state index in [1.807, 2.05) is 0 Å². The average Bonchev–Trinajstić information content (AvgIpc) is 2.64. The highest BCUT2D eigenvalue weighted by atomic mass is 15.1. The summed E-state index contributed by atoms with van der Waals surface area (Å²) in [4.78, 5) is 2.58. The predicted octanol–water partition coefficient (Wildman–Crippen LogP) is 2.40. The zero-order valence-corrected chi connectivity index (χ0v) is 10.7. The highest BCUT2D eigenvalue weighted by molar-refractivity contribution is 5.05. The molecule has 4 unspecified atom stereocenters. The standard InChI is InChI=1S/C14H26N2/c1-11-5-3-4-6-14(11)16(2)10-12-7-8-13(15)9-12/h7-8,11-14H,3-6,9-10,15H2,1-2H3. The minimum Gasteiger partial charge on any atom is -0.324 e. The Bertz CT molecular complexity index is 249. The van der Waals surface area contributed by atoms with Gasteiger partial charge in [-0.25, -0.2) is 0 Å². The zero-order chi connectivity index (χ0) is 11.5. The molecule has 0 bridgehead atoms. The molecule has 16 heavy (non-hydrogen) atoms. The maximum atomic E-state index is 5.90. The van der Waals surface area contributed by atoms with Crippen molar-refractivity contribution in [3.8, 4) is 0 Å². The Labute approximate surface area is 99.9 Å². The van der Waals surface area contributed by atoms with Crippen molar-refractivity contribution in [1.29, 1.82) is 0 Å². The molecule has 2 aliphatic carbocycles. The van der Waals surface area contributed by atoms with Crippen molar-refractivity contribution in [2.24, 2.45) is 17.6 Å². The van der Waals surface area contributed by atoms with Gasteiger partial charge in [0.2, 0.25) is 0 Å². The lowest BCUT2D eigenvalue weighted by atomic mass is 9.84. The van der Waals surface area contributed by atoms with Gasteiger partial charge in [-0.2, -0.15) is 0 Å². The molecule has 0 heterocycles. The topological polar surface area (TPSA) is 29.3 Å². The molecule has 0 amide bonds. The predicted molar refractivity (Wildman–Crippen MR) is 69.3 cm³/mol. The first-order valence-corrected chi connectivity index (χ1v) is 6.81. The fourth-order valence-corrected chi connectivity index (χ4v) is 3.40. The van der Waals surface area contributed by atoms with Gasteiger partial charge in [0.25, 0.3) is 0 Å². The van der Waals surface area contributed by atoms with Gasteiger partial charge in [0.1, 0.15) is 0 Å². The molecule has 1 fully saturated rings. The quantitative estimate of drug-likeness (QED) is 0.743. The third-order valence-corrected chi connectivity index (χ3v) is 4.36. The van der Waals surface area contributed by atoms with Gasteiger partial charge >= 0.3 is 0 Å². The monoisotopic (exact) mass is 222 g/mol. The fraction of sp³-hybridized carbons (Fsp3) is 0.857. The summed E-state index contributed by atoms with van der Waals surface area (Å²) in [7, 11) is 2.30. The molecule has 2 rings (SSSR count). The van der Waals surface area contributed by atoms with Crippen LogP contribution >= 0.6 is 0 Å². The Morgan fingerprint density at radius 3 is 2.62 bits per heavy atom. The van der Waals surface area contributed by atoms with Crippen LogP contribution in [0.5, 0.6) is 0 Å². The summed E-state index contributed by atoms with van der Waals surface area (Å²) < 4.78 is 0. The summed E-state index contributed by atoms with van der Waals surface area (Å²) >= 11 is 0. The largest absolute Gasteiger partial charge is 0.324 e. The lowest BCUT2D eigenvalue weighted by Crippen LogP contribution is -2.41. The molecule has 0 aliphatic heterocycles. The number of rotatable bonds is 3. The van der Waals surface area contributed by atoms with Crippen molar-refractivity contribution < 1.29 is 0 Å². The third kappa shape index (κ3) is 2.86. The Hall–Kier alpha value is -0.340. The van der Waals surface area contributed by atoms with Crippen LogP contribution < -0.4 is 5.73 Å². The lowest BCUT2D eigenvalue weighted by molar-refractivity contribution is 0.128. The molecule has 2 N–H and O–H groups in total. The minimum atomic E-state index is 0.308. The summed E-state index contributed by atoms with van der Waals surface area (Å²) in [6.45, 7) is 3.61. The number of nitrogens with zero attached hydrogens (tertiary/aromatic N) is 1. The maximum absolute atomic E-state index is 5.90.